The Morgan fingerprint density at radius 2 is 1.73 bits per heavy atom. The van der Waals surface area contributed by atoms with Crippen LogP contribution in [0, 0.1) is 5.82 Å². The lowest BCUT2D eigenvalue weighted by Crippen LogP contribution is -2.38. The summed E-state index contributed by atoms with van der Waals surface area (Å²) in [4.78, 5) is 17.6. The van der Waals surface area contributed by atoms with Gasteiger partial charge in [-0.15, -0.1) is 0 Å². The van der Waals surface area contributed by atoms with Crippen molar-refractivity contribution < 1.29 is 32.9 Å². The number of hydrogen-bond acceptors (Lipinski definition) is 8. The standard InChI is InChI=1S/C30H32FN3O6/c1-3-37-26-15-19(16-27(38-4-2)28(26)20-5-7-21(31)8-6-20)18-34-13-11-22(12-14-34)32-29-33-24-10-9-23(39-30(35)36)17-25(24)40-29/h5-10,15-17,22H,3-4,11-14,18H2,1-2H3,(H,32,33)(H,35,36). The lowest BCUT2D eigenvalue weighted by Gasteiger charge is -2.32. The average molecular weight is 550 g/mol. The summed E-state index contributed by atoms with van der Waals surface area (Å²) in [6.45, 7) is 7.39. The number of halogens is 1. The number of ether oxygens (including phenoxy) is 3. The Hall–Kier alpha value is -4.31. The van der Waals surface area contributed by atoms with Crippen LogP contribution in [0.1, 0.15) is 32.3 Å². The molecule has 1 aliphatic heterocycles. The topological polar surface area (TPSA) is 106 Å². The van der Waals surface area contributed by atoms with Crippen LogP contribution in [0.2, 0.25) is 0 Å². The molecule has 0 atom stereocenters. The van der Waals surface area contributed by atoms with Gasteiger partial charge in [-0.2, -0.15) is 4.98 Å². The number of rotatable bonds is 10. The molecule has 0 spiro atoms. The quantitative estimate of drug-likeness (QED) is 0.168. The Morgan fingerprint density at radius 3 is 2.35 bits per heavy atom. The molecule has 0 amide bonds. The Labute approximate surface area is 231 Å². The summed E-state index contributed by atoms with van der Waals surface area (Å²) in [6.07, 6.45) is 0.420. The molecular formula is C30H32FN3O6. The largest absolute Gasteiger partial charge is 0.511 e. The third kappa shape index (κ3) is 6.45. The fraction of sp³-hybridized carbons (Fsp3) is 0.333. The zero-order chi connectivity index (χ0) is 28.1. The first-order valence-electron chi connectivity index (χ1n) is 13.4. The van der Waals surface area contributed by atoms with Crippen molar-refractivity contribution in [2.24, 2.45) is 0 Å². The maximum Gasteiger partial charge on any atom is 0.511 e. The van der Waals surface area contributed by atoms with Gasteiger partial charge in [0, 0.05) is 31.7 Å². The molecule has 3 aromatic carbocycles. The molecule has 9 nitrogen and oxygen atoms in total. The van der Waals surface area contributed by atoms with Crippen LogP contribution in [0.4, 0.5) is 15.2 Å². The Kier molecular flexibility index (Phi) is 8.35. The van der Waals surface area contributed by atoms with Gasteiger partial charge in [0.1, 0.15) is 28.6 Å². The molecule has 210 valence electrons. The van der Waals surface area contributed by atoms with Crippen LogP contribution in [-0.4, -0.2) is 53.5 Å². The van der Waals surface area contributed by atoms with Crippen LogP contribution >= 0.6 is 0 Å². The number of carbonyl (C=O) groups is 1. The molecule has 2 heterocycles. The molecule has 4 aromatic rings. The second kappa shape index (κ2) is 12.3. The van der Waals surface area contributed by atoms with E-state index in [9.17, 15) is 9.18 Å². The van der Waals surface area contributed by atoms with E-state index in [0.29, 0.717) is 30.3 Å². The third-order valence-corrected chi connectivity index (χ3v) is 6.74. The molecule has 0 bridgehead atoms. The normalized spacial score (nSPS) is 14.3. The number of likely N-dealkylation sites (tertiary alicyclic amines) is 1. The second-order valence-corrected chi connectivity index (χ2v) is 9.55. The first-order valence-corrected chi connectivity index (χ1v) is 13.4. The highest BCUT2D eigenvalue weighted by molar-refractivity contribution is 5.78. The third-order valence-electron chi connectivity index (χ3n) is 6.74. The van der Waals surface area contributed by atoms with E-state index in [1.807, 2.05) is 13.8 Å². The van der Waals surface area contributed by atoms with Crippen molar-refractivity contribution >= 4 is 23.3 Å². The van der Waals surface area contributed by atoms with E-state index in [1.165, 1.54) is 18.2 Å². The number of nitrogens with one attached hydrogen (secondary N) is 1. The lowest BCUT2D eigenvalue weighted by atomic mass is 9.99. The zero-order valence-corrected chi connectivity index (χ0v) is 22.5. The number of carboxylic acid groups (broad SMARTS) is 1. The van der Waals surface area contributed by atoms with Gasteiger partial charge in [0.2, 0.25) is 0 Å². The minimum absolute atomic E-state index is 0.182. The Balaban J connectivity index is 1.25. The first kappa shape index (κ1) is 27.3. The number of hydrogen-bond donors (Lipinski definition) is 2. The van der Waals surface area contributed by atoms with Gasteiger partial charge in [-0.25, -0.2) is 9.18 Å². The van der Waals surface area contributed by atoms with E-state index >= 15 is 0 Å². The highest BCUT2D eigenvalue weighted by Gasteiger charge is 2.23. The van der Waals surface area contributed by atoms with Gasteiger partial charge in [-0.05, 0) is 74.2 Å². The van der Waals surface area contributed by atoms with Crippen molar-refractivity contribution in [3.8, 4) is 28.4 Å². The molecule has 2 N–H and O–H groups in total. The molecule has 10 heteroatoms. The van der Waals surface area contributed by atoms with Crippen molar-refractivity contribution in [1.29, 1.82) is 0 Å². The van der Waals surface area contributed by atoms with Crippen molar-refractivity contribution in [2.45, 2.75) is 39.3 Å². The van der Waals surface area contributed by atoms with E-state index in [2.05, 4.69) is 27.3 Å². The van der Waals surface area contributed by atoms with E-state index in [-0.39, 0.29) is 17.6 Å². The van der Waals surface area contributed by atoms with Crippen LogP contribution in [0.3, 0.4) is 0 Å². The Morgan fingerprint density at radius 1 is 1.05 bits per heavy atom. The fourth-order valence-corrected chi connectivity index (χ4v) is 4.97. The average Bonchev–Trinajstić information content (AvgIpc) is 3.32. The second-order valence-electron chi connectivity index (χ2n) is 9.55. The molecule has 0 radical (unpaired) electrons. The molecule has 0 unspecified atom stereocenters. The number of nitrogens with zero attached hydrogens (tertiary/aromatic N) is 2. The van der Waals surface area contributed by atoms with Crippen LogP contribution in [-0.2, 0) is 6.54 Å². The number of anilines is 1. The molecule has 5 rings (SSSR count). The molecule has 40 heavy (non-hydrogen) atoms. The minimum atomic E-state index is -1.38. The first-order chi connectivity index (χ1) is 19.4. The highest BCUT2D eigenvalue weighted by Crippen LogP contribution is 2.40. The molecule has 0 aliphatic carbocycles. The van der Waals surface area contributed by atoms with Crippen LogP contribution in [0.5, 0.6) is 17.2 Å². The molecule has 1 saturated heterocycles. The number of fused-ring (bicyclic) bond motifs is 1. The summed E-state index contributed by atoms with van der Waals surface area (Å²) >= 11 is 0. The highest BCUT2D eigenvalue weighted by atomic mass is 19.1. The van der Waals surface area contributed by atoms with Gasteiger partial charge in [-0.1, -0.05) is 12.1 Å². The molecular weight excluding hydrogens is 517 g/mol. The van der Waals surface area contributed by atoms with Crippen molar-refractivity contribution in [3.63, 3.8) is 0 Å². The van der Waals surface area contributed by atoms with E-state index in [0.717, 1.165) is 60.7 Å². The predicted octanol–water partition coefficient (Wildman–Crippen LogP) is 6.56. The number of piperidine rings is 1. The molecule has 0 saturated carbocycles. The monoisotopic (exact) mass is 549 g/mol. The van der Waals surface area contributed by atoms with Gasteiger partial charge in [0.05, 0.1) is 18.8 Å². The van der Waals surface area contributed by atoms with E-state index in [1.54, 1.807) is 24.3 Å². The smallest absolute Gasteiger partial charge is 0.493 e. The van der Waals surface area contributed by atoms with Gasteiger partial charge >= 0.3 is 6.16 Å². The molecule has 1 aromatic heterocycles. The maximum absolute atomic E-state index is 13.6. The molecule has 1 aliphatic rings. The molecule has 1 fully saturated rings. The van der Waals surface area contributed by atoms with Gasteiger partial charge in [0.15, 0.2) is 5.58 Å². The van der Waals surface area contributed by atoms with Gasteiger partial charge in [-0.3, -0.25) is 4.90 Å². The summed E-state index contributed by atoms with van der Waals surface area (Å²) in [5.74, 6) is 1.34. The van der Waals surface area contributed by atoms with Crippen LogP contribution < -0.4 is 19.5 Å². The zero-order valence-electron chi connectivity index (χ0n) is 22.5. The van der Waals surface area contributed by atoms with E-state index in [4.69, 9.17) is 23.7 Å². The van der Waals surface area contributed by atoms with Crippen LogP contribution in [0.25, 0.3) is 22.2 Å². The lowest BCUT2D eigenvalue weighted by molar-refractivity contribution is 0.144. The Bertz CT molecular complexity index is 1440. The van der Waals surface area contributed by atoms with Crippen molar-refractivity contribution in [3.05, 3.63) is 66.0 Å². The van der Waals surface area contributed by atoms with Crippen LogP contribution in [0.15, 0.2) is 59.0 Å². The van der Waals surface area contributed by atoms with Gasteiger partial charge in [0.25, 0.3) is 6.01 Å². The summed E-state index contributed by atoms with van der Waals surface area (Å²) in [5, 5.41) is 12.2. The predicted molar refractivity (Wildman–Crippen MR) is 149 cm³/mol. The van der Waals surface area contributed by atoms with Crippen molar-refractivity contribution in [1.82, 2.24) is 9.88 Å². The maximum atomic E-state index is 13.6. The van der Waals surface area contributed by atoms with Gasteiger partial charge < -0.3 is 29.1 Å². The number of benzene rings is 3. The summed E-state index contributed by atoms with van der Waals surface area (Å²) in [5.41, 5.74) is 3.84. The summed E-state index contributed by atoms with van der Waals surface area (Å²) < 4.78 is 36.1. The number of aromatic nitrogens is 1. The van der Waals surface area contributed by atoms with E-state index < -0.39 is 6.16 Å². The fourth-order valence-electron chi connectivity index (χ4n) is 4.97. The minimum Gasteiger partial charge on any atom is -0.493 e. The van der Waals surface area contributed by atoms with Crippen molar-refractivity contribution in [2.75, 3.05) is 31.6 Å². The summed E-state index contributed by atoms with van der Waals surface area (Å²) in [7, 11) is 0. The summed E-state index contributed by atoms with van der Waals surface area (Å²) in [6, 6.07) is 15.8. The number of oxazole rings is 1. The SMILES string of the molecule is CCOc1cc(CN2CCC(Nc3nc4ccc(OC(=O)O)cc4o3)CC2)cc(OCC)c1-c1ccc(F)cc1.